The van der Waals surface area contributed by atoms with Gasteiger partial charge in [-0.3, -0.25) is 0 Å². The lowest BCUT2D eigenvalue weighted by Gasteiger charge is -2.29. The second kappa shape index (κ2) is 14.1. The lowest BCUT2D eigenvalue weighted by molar-refractivity contribution is -0.206. The van der Waals surface area contributed by atoms with Crippen LogP contribution < -0.4 is 4.74 Å². The smallest absolute Gasteiger partial charge is 0.183 e. The Morgan fingerprint density at radius 2 is 1.47 bits per heavy atom. The lowest BCUT2D eigenvalue weighted by atomic mass is 10.0. The van der Waals surface area contributed by atoms with Gasteiger partial charge in [0.25, 0.3) is 0 Å². The fourth-order valence-corrected chi connectivity index (χ4v) is 4.11. The van der Waals surface area contributed by atoms with Gasteiger partial charge in [-0.2, -0.15) is 0 Å². The quantitative estimate of drug-likeness (QED) is 0.221. The summed E-state index contributed by atoms with van der Waals surface area (Å²) in [6.45, 7) is 8.33. The monoisotopic (exact) mass is 436 g/mol. The van der Waals surface area contributed by atoms with Gasteiger partial charge >= 0.3 is 0 Å². The Balaban J connectivity index is 1.40. The van der Waals surface area contributed by atoms with E-state index in [1.54, 1.807) is 0 Å². The molecule has 1 aliphatic heterocycles. The Kier molecular flexibility index (Phi) is 10.8. The van der Waals surface area contributed by atoms with E-state index >= 15 is 0 Å². The van der Waals surface area contributed by atoms with Crippen LogP contribution in [0.5, 0.6) is 5.75 Å². The van der Waals surface area contributed by atoms with Crippen molar-refractivity contribution in [3.05, 3.63) is 66.7 Å². The molecule has 2 aromatic rings. The van der Waals surface area contributed by atoms with Gasteiger partial charge in [0, 0.05) is 11.5 Å². The molecule has 1 fully saturated rings. The number of hydrogen-bond donors (Lipinski definition) is 0. The molecule has 3 heteroatoms. The number of unbranched alkanes of at least 4 members (excludes halogenated alkanes) is 6. The van der Waals surface area contributed by atoms with Gasteiger partial charge in [-0.1, -0.05) is 87.9 Å². The topological polar surface area (TPSA) is 27.7 Å². The van der Waals surface area contributed by atoms with E-state index in [1.165, 1.54) is 56.1 Å². The number of hydrogen-bond acceptors (Lipinski definition) is 3. The van der Waals surface area contributed by atoms with E-state index in [2.05, 4.69) is 49.9 Å². The lowest BCUT2D eigenvalue weighted by Crippen LogP contribution is -2.27. The van der Waals surface area contributed by atoms with Gasteiger partial charge in [-0.15, -0.1) is 6.58 Å². The summed E-state index contributed by atoms with van der Waals surface area (Å²) >= 11 is 0. The highest BCUT2D eigenvalue weighted by atomic mass is 16.7. The predicted octanol–water partition coefficient (Wildman–Crippen LogP) is 8.11. The minimum atomic E-state index is -0.240. The van der Waals surface area contributed by atoms with Crippen LogP contribution in [0, 0.1) is 5.92 Å². The molecule has 0 atom stereocenters. The van der Waals surface area contributed by atoms with Gasteiger partial charge in [-0.05, 0) is 42.5 Å². The van der Waals surface area contributed by atoms with Crippen molar-refractivity contribution < 1.29 is 14.2 Å². The first kappa shape index (κ1) is 24.5. The summed E-state index contributed by atoms with van der Waals surface area (Å²) in [6.07, 6.45) is 12.9. The van der Waals surface area contributed by atoms with Crippen molar-refractivity contribution in [3.8, 4) is 16.9 Å². The van der Waals surface area contributed by atoms with Gasteiger partial charge in [0.2, 0.25) is 0 Å². The predicted molar refractivity (Wildman–Crippen MR) is 133 cm³/mol. The van der Waals surface area contributed by atoms with Crippen molar-refractivity contribution in [2.75, 3.05) is 19.8 Å². The molecule has 0 N–H and O–H groups in total. The fourth-order valence-electron chi connectivity index (χ4n) is 4.11. The van der Waals surface area contributed by atoms with Crippen molar-refractivity contribution in [3.63, 3.8) is 0 Å². The summed E-state index contributed by atoms with van der Waals surface area (Å²) in [6, 6.07) is 16.8. The zero-order valence-corrected chi connectivity index (χ0v) is 19.8. The summed E-state index contributed by atoms with van der Waals surface area (Å²) < 4.78 is 17.9. The van der Waals surface area contributed by atoms with Crippen LogP contribution in [0.2, 0.25) is 0 Å². The zero-order chi connectivity index (χ0) is 22.4. The largest absolute Gasteiger partial charge is 0.494 e. The van der Waals surface area contributed by atoms with Crippen molar-refractivity contribution in [1.82, 2.24) is 0 Å². The average Bonchev–Trinajstić information content (AvgIpc) is 2.85. The third kappa shape index (κ3) is 8.11. The minimum Gasteiger partial charge on any atom is -0.494 e. The third-order valence-corrected chi connectivity index (χ3v) is 6.12. The maximum atomic E-state index is 6.04. The number of rotatable bonds is 14. The maximum absolute atomic E-state index is 6.04. The Bertz CT molecular complexity index is 758. The van der Waals surface area contributed by atoms with E-state index in [-0.39, 0.29) is 6.29 Å². The second-order valence-corrected chi connectivity index (χ2v) is 8.85. The number of allylic oxidation sites excluding steroid dienone is 1. The summed E-state index contributed by atoms with van der Waals surface area (Å²) in [5.74, 6) is 1.45. The van der Waals surface area contributed by atoms with Gasteiger partial charge in [0.05, 0.1) is 19.8 Å². The molecule has 1 heterocycles. The molecule has 174 valence electrons. The van der Waals surface area contributed by atoms with E-state index in [4.69, 9.17) is 14.2 Å². The average molecular weight is 437 g/mol. The maximum Gasteiger partial charge on any atom is 0.183 e. The van der Waals surface area contributed by atoms with Crippen molar-refractivity contribution in [2.45, 2.75) is 71.0 Å². The molecule has 3 rings (SSSR count). The van der Waals surface area contributed by atoms with Crippen LogP contribution in [0.1, 0.15) is 76.6 Å². The van der Waals surface area contributed by atoms with E-state index in [1.807, 2.05) is 18.2 Å². The van der Waals surface area contributed by atoms with E-state index < -0.39 is 0 Å². The number of benzene rings is 2. The van der Waals surface area contributed by atoms with Crippen LogP contribution in [0.3, 0.4) is 0 Å². The summed E-state index contributed by atoms with van der Waals surface area (Å²) in [4.78, 5) is 0. The highest BCUT2D eigenvalue weighted by Gasteiger charge is 2.23. The highest BCUT2D eigenvalue weighted by molar-refractivity contribution is 5.64. The molecule has 3 nitrogen and oxygen atoms in total. The first-order chi connectivity index (χ1) is 15.8. The van der Waals surface area contributed by atoms with Crippen LogP contribution >= 0.6 is 0 Å². The SMILES string of the molecule is C=CCCCOc1ccc(-c2ccc([C@H]3OC[C@H](CCCCCCCC)CO3)cc2)cc1. The van der Waals surface area contributed by atoms with E-state index in [0.717, 1.165) is 44.0 Å². The molecular formula is C29H40O3. The van der Waals surface area contributed by atoms with Crippen molar-refractivity contribution in [2.24, 2.45) is 5.92 Å². The molecule has 0 saturated carbocycles. The van der Waals surface area contributed by atoms with E-state index in [0.29, 0.717) is 5.92 Å². The van der Waals surface area contributed by atoms with Crippen LogP contribution in [-0.2, 0) is 9.47 Å². The summed E-state index contributed by atoms with van der Waals surface area (Å²) in [5.41, 5.74) is 3.46. The molecule has 0 aromatic heterocycles. The third-order valence-electron chi connectivity index (χ3n) is 6.12. The molecule has 1 saturated heterocycles. The molecule has 0 aliphatic carbocycles. The Morgan fingerprint density at radius 3 is 2.12 bits per heavy atom. The molecule has 0 radical (unpaired) electrons. The normalized spacial score (nSPS) is 18.4. The molecule has 2 aromatic carbocycles. The molecule has 0 amide bonds. The van der Waals surface area contributed by atoms with Crippen molar-refractivity contribution in [1.29, 1.82) is 0 Å². The van der Waals surface area contributed by atoms with Gasteiger partial charge < -0.3 is 14.2 Å². The van der Waals surface area contributed by atoms with Crippen LogP contribution in [-0.4, -0.2) is 19.8 Å². The first-order valence-corrected chi connectivity index (χ1v) is 12.5. The summed E-state index contributed by atoms with van der Waals surface area (Å²) in [5, 5.41) is 0. The number of ether oxygens (including phenoxy) is 3. The molecular weight excluding hydrogens is 396 g/mol. The molecule has 32 heavy (non-hydrogen) atoms. The van der Waals surface area contributed by atoms with Crippen LogP contribution in [0.4, 0.5) is 0 Å². The molecule has 0 bridgehead atoms. The fraction of sp³-hybridized carbons (Fsp3) is 0.517. The van der Waals surface area contributed by atoms with Gasteiger partial charge in [0.1, 0.15) is 5.75 Å². The van der Waals surface area contributed by atoms with Gasteiger partial charge in [0.15, 0.2) is 6.29 Å². The Hall–Kier alpha value is -2.10. The Morgan fingerprint density at radius 1 is 0.844 bits per heavy atom. The molecule has 1 aliphatic rings. The molecule has 0 spiro atoms. The minimum absolute atomic E-state index is 0.240. The van der Waals surface area contributed by atoms with Crippen molar-refractivity contribution >= 4 is 0 Å². The van der Waals surface area contributed by atoms with E-state index in [9.17, 15) is 0 Å². The van der Waals surface area contributed by atoms with Crippen LogP contribution in [0.15, 0.2) is 61.2 Å². The summed E-state index contributed by atoms with van der Waals surface area (Å²) in [7, 11) is 0. The van der Waals surface area contributed by atoms with Crippen LogP contribution in [0.25, 0.3) is 11.1 Å². The molecule has 0 unspecified atom stereocenters. The second-order valence-electron chi connectivity index (χ2n) is 8.85. The first-order valence-electron chi connectivity index (χ1n) is 12.5. The van der Waals surface area contributed by atoms with Gasteiger partial charge in [-0.25, -0.2) is 0 Å². The highest BCUT2D eigenvalue weighted by Crippen LogP contribution is 2.30. The zero-order valence-electron chi connectivity index (χ0n) is 19.8. The Labute approximate surface area is 194 Å². The standard InChI is InChI=1S/C29H40O3/c1-3-5-7-8-9-10-12-24-22-31-29(32-23-24)27-15-13-25(14-16-27)26-17-19-28(20-18-26)30-21-11-6-4-2/h4,13-20,24,29H,2-3,5-12,21-23H2,1H3/t24-,29-.